The van der Waals surface area contributed by atoms with Crippen LogP contribution in [-0.4, -0.2) is 12.1 Å². The minimum absolute atomic E-state index is 0.144. The topological polar surface area (TPSA) is 61.3 Å². The molecule has 0 spiro atoms. The maximum atomic E-state index is 5.47. The monoisotopic (exact) mass is 268 g/mol. The molecule has 1 aromatic heterocycles. The Bertz CT molecular complexity index is 533. The van der Waals surface area contributed by atoms with Crippen molar-refractivity contribution in [2.24, 2.45) is 0 Å². The van der Waals surface area contributed by atoms with Gasteiger partial charge in [-0.15, -0.1) is 0 Å². The molecular weight excluding hydrogens is 260 g/mol. The average molecular weight is 269 g/mol. The third-order valence-electron chi connectivity index (χ3n) is 2.03. The lowest BCUT2D eigenvalue weighted by Crippen LogP contribution is -1.85. The number of ether oxygens (including phenoxy) is 1. The molecule has 0 radical (unpaired) electrons. The zero-order valence-corrected chi connectivity index (χ0v) is 9.67. The first-order valence-electron chi connectivity index (χ1n) is 4.20. The molecule has 0 unspecified atom stereocenters. The predicted molar refractivity (Wildman–Crippen MR) is 62.2 cm³/mol. The summed E-state index contributed by atoms with van der Waals surface area (Å²) in [5.41, 5.74) is 7.59. The van der Waals surface area contributed by atoms with E-state index in [4.69, 9.17) is 14.9 Å². The van der Waals surface area contributed by atoms with Gasteiger partial charge in [0.1, 0.15) is 11.3 Å². The number of aromatic nitrogens is 1. The summed E-state index contributed by atoms with van der Waals surface area (Å²) in [5.74, 6) is 0.563. The van der Waals surface area contributed by atoms with Gasteiger partial charge in [-0.2, -0.15) is 4.98 Å². The molecule has 0 aliphatic rings. The van der Waals surface area contributed by atoms with E-state index in [1.165, 1.54) is 0 Å². The number of fused-ring (bicyclic) bond motifs is 1. The van der Waals surface area contributed by atoms with Gasteiger partial charge in [0.25, 0.3) is 6.01 Å². The summed E-state index contributed by atoms with van der Waals surface area (Å²) in [4.78, 5) is 4.03. The number of benzene rings is 1. The summed E-state index contributed by atoms with van der Waals surface area (Å²) in [6.45, 7) is 3.76. The van der Waals surface area contributed by atoms with Gasteiger partial charge in [0.15, 0.2) is 5.58 Å². The Hall–Kier alpha value is -1.49. The molecule has 2 aromatic rings. The van der Waals surface area contributed by atoms with Crippen LogP contribution in [0.4, 0.5) is 6.01 Å². The van der Waals surface area contributed by atoms with Gasteiger partial charge >= 0.3 is 0 Å². The highest BCUT2D eigenvalue weighted by atomic mass is 79.9. The molecule has 2 N–H and O–H groups in total. The van der Waals surface area contributed by atoms with E-state index in [2.05, 4.69) is 27.5 Å². The zero-order chi connectivity index (χ0) is 11.0. The lowest BCUT2D eigenvalue weighted by molar-refractivity contribution is 0.371. The van der Waals surface area contributed by atoms with Crippen LogP contribution in [0.1, 0.15) is 5.56 Å². The molecule has 0 atom stereocenters. The highest BCUT2D eigenvalue weighted by Crippen LogP contribution is 2.29. The van der Waals surface area contributed by atoms with Crippen LogP contribution in [0.5, 0.6) is 0 Å². The lowest BCUT2D eigenvalue weighted by atomic mass is 10.2. The molecular formula is C10H9BrN2O2. The minimum Gasteiger partial charge on any atom is -0.497 e. The fourth-order valence-electron chi connectivity index (χ4n) is 1.28. The Morgan fingerprint density at radius 1 is 1.60 bits per heavy atom. The second-order valence-corrected chi connectivity index (χ2v) is 3.84. The molecule has 4 nitrogen and oxygen atoms in total. The molecule has 0 aliphatic carbocycles. The van der Waals surface area contributed by atoms with E-state index >= 15 is 0 Å². The van der Waals surface area contributed by atoms with Crippen LogP contribution < -0.4 is 5.73 Å². The van der Waals surface area contributed by atoms with Gasteiger partial charge in [0.2, 0.25) is 0 Å². The zero-order valence-electron chi connectivity index (χ0n) is 8.08. The van der Waals surface area contributed by atoms with Crippen LogP contribution >= 0.6 is 15.9 Å². The molecule has 0 amide bonds. The number of rotatable bonds is 2. The van der Waals surface area contributed by atoms with Crippen molar-refractivity contribution in [1.82, 2.24) is 4.98 Å². The second-order valence-electron chi connectivity index (χ2n) is 2.98. The molecule has 78 valence electrons. The van der Waals surface area contributed by atoms with Gasteiger partial charge in [0, 0.05) is 10.0 Å². The molecule has 5 heteroatoms. The van der Waals surface area contributed by atoms with Crippen molar-refractivity contribution in [1.29, 1.82) is 0 Å². The van der Waals surface area contributed by atoms with E-state index in [0.717, 1.165) is 10.0 Å². The number of halogens is 1. The van der Waals surface area contributed by atoms with E-state index < -0.39 is 0 Å². The van der Waals surface area contributed by atoms with E-state index in [0.29, 0.717) is 16.9 Å². The summed E-state index contributed by atoms with van der Waals surface area (Å²) in [7, 11) is 1.56. The van der Waals surface area contributed by atoms with Crippen LogP contribution in [-0.2, 0) is 4.74 Å². The molecule has 0 aliphatic heterocycles. The quantitative estimate of drug-likeness (QED) is 0.851. The molecule has 0 fully saturated rings. The Balaban J connectivity index is 2.66. The van der Waals surface area contributed by atoms with Crippen LogP contribution in [0.15, 0.2) is 27.6 Å². The molecule has 0 saturated carbocycles. The average Bonchev–Trinajstić information content (AvgIpc) is 2.58. The number of nitrogens with zero attached hydrogens (tertiary/aromatic N) is 1. The molecule has 15 heavy (non-hydrogen) atoms. The Morgan fingerprint density at radius 2 is 2.33 bits per heavy atom. The van der Waals surface area contributed by atoms with Gasteiger partial charge < -0.3 is 14.9 Å². The van der Waals surface area contributed by atoms with Gasteiger partial charge in [-0.1, -0.05) is 6.58 Å². The third kappa shape index (κ3) is 1.70. The number of nitrogens with two attached hydrogens (primary N) is 1. The van der Waals surface area contributed by atoms with Crippen LogP contribution in [0.25, 0.3) is 16.9 Å². The first-order chi connectivity index (χ1) is 7.11. The van der Waals surface area contributed by atoms with Gasteiger partial charge in [0.05, 0.1) is 7.11 Å². The molecule has 2 rings (SSSR count). The highest BCUT2D eigenvalue weighted by molar-refractivity contribution is 9.10. The summed E-state index contributed by atoms with van der Waals surface area (Å²) in [5, 5.41) is 0. The van der Waals surface area contributed by atoms with Crippen molar-refractivity contribution >= 4 is 38.8 Å². The highest BCUT2D eigenvalue weighted by Gasteiger charge is 2.10. The minimum atomic E-state index is 0.144. The maximum absolute atomic E-state index is 5.47. The number of anilines is 1. The fourth-order valence-corrected chi connectivity index (χ4v) is 1.82. The molecule has 0 saturated heterocycles. The summed E-state index contributed by atoms with van der Waals surface area (Å²) in [6, 6.07) is 3.79. The van der Waals surface area contributed by atoms with Crippen molar-refractivity contribution in [3.63, 3.8) is 0 Å². The molecule has 0 bridgehead atoms. The maximum Gasteiger partial charge on any atom is 0.293 e. The lowest BCUT2D eigenvalue weighted by Gasteiger charge is -2.04. The second kappa shape index (κ2) is 3.58. The van der Waals surface area contributed by atoms with Crippen molar-refractivity contribution in [2.75, 3.05) is 12.8 Å². The van der Waals surface area contributed by atoms with Crippen LogP contribution in [0, 0.1) is 0 Å². The molecule has 1 aromatic carbocycles. The summed E-state index contributed by atoms with van der Waals surface area (Å²) in [6.07, 6.45) is 0. The van der Waals surface area contributed by atoms with Crippen LogP contribution in [0.2, 0.25) is 0 Å². The predicted octanol–water partition coefficient (Wildman–Crippen LogP) is 2.79. The largest absolute Gasteiger partial charge is 0.497 e. The Kier molecular flexibility index (Phi) is 2.40. The number of nitrogen functional groups attached to an aromatic ring is 1. The van der Waals surface area contributed by atoms with Crippen molar-refractivity contribution < 1.29 is 9.15 Å². The standard InChI is InChI=1S/C10H9BrN2O2/c1-5(14-2)6-3-7(11)9-8(4-6)15-10(12)13-9/h3-4H,1H2,2H3,(H2,12,13). The van der Waals surface area contributed by atoms with Gasteiger partial charge in [-0.3, -0.25) is 0 Å². The van der Waals surface area contributed by atoms with Gasteiger partial charge in [-0.25, -0.2) is 0 Å². The third-order valence-corrected chi connectivity index (χ3v) is 2.64. The van der Waals surface area contributed by atoms with Crippen molar-refractivity contribution in [2.45, 2.75) is 0 Å². The number of hydrogen-bond acceptors (Lipinski definition) is 4. The first-order valence-corrected chi connectivity index (χ1v) is 5.00. The van der Waals surface area contributed by atoms with E-state index in [1.807, 2.05) is 6.07 Å². The fraction of sp³-hybridized carbons (Fsp3) is 0.100. The van der Waals surface area contributed by atoms with E-state index in [9.17, 15) is 0 Å². The molecule has 1 heterocycles. The first kappa shape index (κ1) is 10.0. The Morgan fingerprint density at radius 3 is 3.00 bits per heavy atom. The summed E-state index contributed by atoms with van der Waals surface area (Å²) >= 11 is 3.38. The smallest absolute Gasteiger partial charge is 0.293 e. The van der Waals surface area contributed by atoms with Crippen molar-refractivity contribution in [3.8, 4) is 0 Å². The van der Waals surface area contributed by atoms with E-state index in [-0.39, 0.29) is 6.01 Å². The number of oxazole rings is 1. The van der Waals surface area contributed by atoms with Gasteiger partial charge in [-0.05, 0) is 28.1 Å². The van der Waals surface area contributed by atoms with E-state index in [1.54, 1.807) is 13.2 Å². The number of hydrogen-bond donors (Lipinski definition) is 1. The Labute approximate surface area is 94.9 Å². The van der Waals surface area contributed by atoms with Crippen LogP contribution in [0.3, 0.4) is 0 Å². The SMILES string of the molecule is C=C(OC)c1cc(Br)c2nc(N)oc2c1. The normalized spacial score (nSPS) is 10.5. The summed E-state index contributed by atoms with van der Waals surface area (Å²) < 4.78 is 11.1. The number of methoxy groups -OCH3 is 1. The van der Waals surface area contributed by atoms with Crippen molar-refractivity contribution in [3.05, 3.63) is 28.7 Å².